The number of nitrogens with two attached hydrogens (primary N) is 1. The van der Waals surface area contributed by atoms with E-state index in [4.69, 9.17) is 10.5 Å². The van der Waals surface area contributed by atoms with Gasteiger partial charge in [0.05, 0.1) is 6.54 Å². The highest BCUT2D eigenvalue weighted by molar-refractivity contribution is 7.98. The lowest BCUT2D eigenvalue weighted by atomic mass is 10.00. The van der Waals surface area contributed by atoms with Gasteiger partial charge in [0.15, 0.2) is 0 Å². The lowest BCUT2D eigenvalue weighted by Gasteiger charge is -2.34. The van der Waals surface area contributed by atoms with Crippen LogP contribution >= 0.6 is 11.8 Å². The van der Waals surface area contributed by atoms with Gasteiger partial charge >= 0.3 is 6.09 Å². The molecule has 5 atom stereocenters. The molecule has 0 spiro atoms. The summed E-state index contributed by atoms with van der Waals surface area (Å²) in [6.07, 6.45) is 3.02. The van der Waals surface area contributed by atoms with E-state index >= 15 is 0 Å². The fourth-order valence-electron chi connectivity index (χ4n) is 6.81. The number of likely N-dealkylation sites (N-methyl/N-ethyl adjacent to an activating group) is 2. The van der Waals surface area contributed by atoms with Crippen LogP contribution in [-0.2, 0) is 46.3 Å². The first kappa shape index (κ1) is 48.3. The molecule has 324 valence electrons. The normalized spacial score (nSPS) is 15.9. The number of carbonyl (C=O) groups is 7. The Labute approximate surface area is 352 Å². The minimum Gasteiger partial charge on any atom is -0.444 e. The van der Waals surface area contributed by atoms with Crippen molar-refractivity contribution in [2.24, 2.45) is 11.7 Å². The van der Waals surface area contributed by atoms with Gasteiger partial charge in [-0.25, -0.2) is 4.79 Å². The largest absolute Gasteiger partial charge is 0.444 e. The molecule has 1 heterocycles. The number of ether oxygens (including phenoxy) is 1. The number of likely N-dealkylation sites (tertiary alicyclic amines) is 1. The highest BCUT2D eigenvalue weighted by Crippen LogP contribution is 2.22. The maximum Gasteiger partial charge on any atom is 0.410 e. The minimum absolute atomic E-state index is 0.00285. The Bertz CT molecular complexity index is 1740. The molecule has 7 amide bonds. The lowest BCUT2D eigenvalue weighted by molar-refractivity contribution is -0.147. The Kier molecular flexibility index (Phi) is 18.7. The third kappa shape index (κ3) is 15.5. The van der Waals surface area contributed by atoms with Crippen LogP contribution < -0.4 is 21.7 Å². The first-order valence-electron chi connectivity index (χ1n) is 20.1. The lowest BCUT2D eigenvalue weighted by Crippen LogP contribution is -2.58. The van der Waals surface area contributed by atoms with E-state index in [1.54, 1.807) is 20.8 Å². The van der Waals surface area contributed by atoms with Crippen LogP contribution in [0.4, 0.5) is 4.79 Å². The van der Waals surface area contributed by atoms with Crippen LogP contribution in [0.15, 0.2) is 60.7 Å². The summed E-state index contributed by atoms with van der Waals surface area (Å²) in [5.74, 6) is -2.87. The smallest absolute Gasteiger partial charge is 0.410 e. The van der Waals surface area contributed by atoms with E-state index in [-0.39, 0.29) is 25.2 Å². The van der Waals surface area contributed by atoms with Crippen molar-refractivity contribution in [3.8, 4) is 0 Å². The first-order chi connectivity index (χ1) is 27.8. The molecular formula is C43H63N7O8S. The van der Waals surface area contributed by atoms with Gasteiger partial charge in [0.25, 0.3) is 0 Å². The average Bonchev–Trinajstić information content (AvgIpc) is 3.68. The molecule has 0 bridgehead atoms. The highest BCUT2D eigenvalue weighted by Gasteiger charge is 2.40. The van der Waals surface area contributed by atoms with E-state index in [0.717, 1.165) is 11.1 Å². The number of nitrogens with one attached hydrogen (secondary N) is 3. The SMILES string of the molecule is CSCC[C@H](NC(=O)[C@H](CC(C)C)NC(=O)CN(C)C(=O)[C@H](Cc1ccccc1)N(C)C(=O)[C@H](Cc1ccccc1)NC(=O)[C@@H]1CCCN1C(=O)OC(C)(C)C)C(N)=O. The second-order valence-electron chi connectivity index (χ2n) is 16.4. The van der Waals surface area contributed by atoms with Crippen LogP contribution in [0.5, 0.6) is 0 Å². The van der Waals surface area contributed by atoms with E-state index in [1.807, 2.05) is 80.8 Å². The zero-order valence-corrected chi connectivity index (χ0v) is 36.5. The number of carbonyl (C=O) groups excluding carboxylic acids is 7. The Morgan fingerprint density at radius 1 is 0.847 bits per heavy atom. The molecule has 5 N–H and O–H groups in total. The predicted molar refractivity (Wildman–Crippen MR) is 228 cm³/mol. The van der Waals surface area contributed by atoms with Gasteiger partial charge < -0.3 is 36.2 Å². The maximum atomic E-state index is 14.6. The second kappa shape index (κ2) is 22.9. The molecule has 2 aromatic rings. The molecule has 1 aliphatic heterocycles. The summed E-state index contributed by atoms with van der Waals surface area (Å²) in [6.45, 7) is 8.91. The van der Waals surface area contributed by atoms with Crippen LogP contribution in [0.1, 0.15) is 71.4 Å². The van der Waals surface area contributed by atoms with E-state index < -0.39 is 83.9 Å². The summed E-state index contributed by atoms with van der Waals surface area (Å²) >= 11 is 1.50. The van der Waals surface area contributed by atoms with Crippen molar-refractivity contribution < 1.29 is 38.3 Å². The quantitative estimate of drug-likeness (QED) is 0.155. The number of benzene rings is 2. The summed E-state index contributed by atoms with van der Waals surface area (Å²) in [5, 5.41) is 8.29. The number of thioether (sulfide) groups is 1. The Balaban J connectivity index is 1.87. The molecule has 15 nitrogen and oxygen atoms in total. The van der Waals surface area contributed by atoms with Gasteiger partial charge in [0.2, 0.25) is 35.4 Å². The molecule has 0 unspecified atom stereocenters. The van der Waals surface area contributed by atoms with Gasteiger partial charge in [0, 0.05) is 33.5 Å². The molecule has 1 fully saturated rings. The highest BCUT2D eigenvalue weighted by atomic mass is 32.2. The first-order valence-corrected chi connectivity index (χ1v) is 21.5. The molecule has 0 aliphatic carbocycles. The Morgan fingerprint density at radius 3 is 1.98 bits per heavy atom. The zero-order chi connectivity index (χ0) is 43.9. The van der Waals surface area contributed by atoms with Crippen molar-refractivity contribution in [2.75, 3.05) is 39.2 Å². The fraction of sp³-hybridized carbons (Fsp3) is 0.558. The third-order valence-electron chi connectivity index (χ3n) is 9.84. The molecule has 59 heavy (non-hydrogen) atoms. The Morgan fingerprint density at radius 2 is 1.44 bits per heavy atom. The number of hydrogen-bond acceptors (Lipinski definition) is 9. The molecule has 0 aromatic heterocycles. The molecule has 0 radical (unpaired) electrons. The van der Waals surface area contributed by atoms with E-state index in [9.17, 15) is 33.6 Å². The maximum absolute atomic E-state index is 14.6. The van der Waals surface area contributed by atoms with E-state index in [2.05, 4.69) is 16.0 Å². The topological polar surface area (TPSA) is 201 Å². The van der Waals surface area contributed by atoms with Gasteiger partial charge in [-0.15, -0.1) is 0 Å². The molecule has 16 heteroatoms. The number of hydrogen-bond donors (Lipinski definition) is 4. The van der Waals surface area contributed by atoms with Gasteiger partial charge in [-0.1, -0.05) is 74.5 Å². The third-order valence-corrected chi connectivity index (χ3v) is 10.5. The average molecular weight is 838 g/mol. The van der Waals surface area contributed by atoms with Crippen LogP contribution in [0.25, 0.3) is 0 Å². The summed E-state index contributed by atoms with van der Waals surface area (Å²) in [4.78, 5) is 98.7. The van der Waals surface area contributed by atoms with E-state index in [1.165, 1.54) is 40.6 Å². The fourth-order valence-corrected chi connectivity index (χ4v) is 7.28. The van der Waals surface area contributed by atoms with Crippen molar-refractivity contribution in [3.63, 3.8) is 0 Å². The van der Waals surface area contributed by atoms with Gasteiger partial charge in [-0.2, -0.15) is 11.8 Å². The summed E-state index contributed by atoms with van der Waals surface area (Å²) in [6, 6.07) is 13.3. The van der Waals surface area contributed by atoms with Crippen LogP contribution in [-0.4, -0.2) is 131 Å². The zero-order valence-electron chi connectivity index (χ0n) is 35.7. The molecule has 0 saturated carbocycles. The van der Waals surface area contributed by atoms with Crippen molar-refractivity contribution in [3.05, 3.63) is 71.8 Å². The van der Waals surface area contributed by atoms with Crippen molar-refractivity contribution >= 4 is 53.3 Å². The molecule has 1 saturated heterocycles. The number of rotatable bonds is 20. The van der Waals surface area contributed by atoms with Crippen molar-refractivity contribution in [2.45, 2.75) is 109 Å². The monoisotopic (exact) mass is 837 g/mol. The Hall–Kier alpha value is -5.12. The molecule has 2 aromatic carbocycles. The van der Waals surface area contributed by atoms with Gasteiger partial charge in [-0.3, -0.25) is 33.7 Å². The number of primary amides is 1. The van der Waals surface area contributed by atoms with Crippen LogP contribution in [0.3, 0.4) is 0 Å². The van der Waals surface area contributed by atoms with Gasteiger partial charge in [-0.05, 0) is 75.5 Å². The standard InChI is InChI=1S/C43H63N7O8S/c1-28(2)24-32(38(53)46-31(37(44)52)21-23-59-8)45-36(51)27-48(6)41(56)35(26-30-18-13-10-14-19-30)49(7)40(55)33(25-29-16-11-9-12-17-29)47-39(54)34-20-15-22-50(34)42(57)58-43(3,4)5/h9-14,16-19,28,31-35H,15,20-27H2,1-8H3,(H2,44,52)(H,45,51)(H,46,53)(H,47,54)/t31-,32-,33-,34-,35-/m0/s1. The summed E-state index contributed by atoms with van der Waals surface area (Å²) in [7, 11) is 2.93. The number of amides is 7. The van der Waals surface area contributed by atoms with Crippen LogP contribution in [0, 0.1) is 5.92 Å². The summed E-state index contributed by atoms with van der Waals surface area (Å²) < 4.78 is 5.56. The predicted octanol–water partition coefficient (Wildman–Crippen LogP) is 2.90. The second-order valence-corrected chi connectivity index (χ2v) is 17.4. The molecule has 1 aliphatic rings. The summed E-state index contributed by atoms with van der Waals surface area (Å²) in [5.41, 5.74) is 6.29. The van der Waals surface area contributed by atoms with Gasteiger partial charge in [0.1, 0.15) is 35.8 Å². The number of nitrogens with zero attached hydrogens (tertiary/aromatic N) is 3. The van der Waals surface area contributed by atoms with E-state index in [0.29, 0.717) is 31.6 Å². The van der Waals surface area contributed by atoms with Crippen molar-refractivity contribution in [1.29, 1.82) is 0 Å². The molecular weight excluding hydrogens is 775 g/mol. The minimum atomic E-state index is -1.12. The van der Waals surface area contributed by atoms with Crippen LogP contribution in [0.2, 0.25) is 0 Å². The van der Waals surface area contributed by atoms with Crippen molar-refractivity contribution in [1.82, 2.24) is 30.7 Å². The molecule has 3 rings (SSSR count).